The lowest BCUT2D eigenvalue weighted by molar-refractivity contribution is -0.153. The Morgan fingerprint density at radius 3 is 2.35 bits per heavy atom. The van der Waals surface area contributed by atoms with Gasteiger partial charge in [0.1, 0.15) is 17.4 Å². The lowest BCUT2D eigenvalue weighted by atomic mass is 9.73. The van der Waals surface area contributed by atoms with Crippen molar-refractivity contribution in [2.75, 3.05) is 37.7 Å². The van der Waals surface area contributed by atoms with E-state index in [4.69, 9.17) is 9.47 Å². The van der Waals surface area contributed by atoms with Gasteiger partial charge in [-0.15, -0.1) is 0 Å². The normalized spacial score (nSPS) is 31.4. The minimum Gasteiger partial charge on any atom is -0.494 e. The average molecular weight is 552 g/mol. The lowest BCUT2D eigenvalue weighted by Gasteiger charge is -2.39. The predicted octanol–water partition coefficient (Wildman–Crippen LogP) is 2.93. The highest BCUT2D eigenvalue weighted by molar-refractivity contribution is 6.04. The first-order chi connectivity index (χ1) is 19.2. The molecule has 5 rings (SSSR count). The van der Waals surface area contributed by atoms with Crippen LogP contribution in [0.25, 0.3) is 0 Å². The van der Waals surface area contributed by atoms with Gasteiger partial charge in [0.25, 0.3) is 0 Å². The molecule has 0 aliphatic carbocycles. The standard InChI is InChI=1S/C31H41N3O6/c1-5-30-15-9-19-33(22-11-13-23(14-12-22)39-6-2)27(36)24(30)25-28(37)34(17-7-8-20-35)26-29(38)32(21(3)4)18-10-16-31(25,26)40-30/h9-16,21,24-26,35H,5-8,17-20H2,1-4H3/t24-,25-,26?,30+,31-/m0/s1. The maximum absolute atomic E-state index is 14.5. The van der Waals surface area contributed by atoms with Crippen LogP contribution in [0.2, 0.25) is 0 Å². The van der Waals surface area contributed by atoms with E-state index in [0.29, 0.717) is 51.2 Å². The number of hydrogen-bond acceptors (Lipinski definition) is 6. The second-order valence-corrected chi connectivity index (χ2v) is 11.3. The maximum Gasteiger partial charge on any atom is 0.249 e. The summed E-state index contributed by atoms with van der Waals surface area (Å²) in [6.07, 6.45) is 9.25. The van der Waals surface area contributed by atoms with E-state index in [1.165, 1.54) is 0 Å². The second-order valence-electron chi connectivity index (χ2n) is 11.3. The number of fused-ring (bicyclic) bond motifs is 2. The van der Waals surface area contributed by atoms with Crippen molar-refractivity contribution in [1.82, 2.24) is 9.80 Å². The molecule has 4 heterocycles. The summed E-state index contributed by atoms with van der Waals surface area (Å²) in [7, 11) is 0. The number of carbonyl (C=O) groups is 3. The highest BCUT2D eigenvalue weighted by Gasteiger charge is 2.75. The number of hydrogen-bond donors (Lipinski definition) is 1. The number of aliphatic hydroxyl groups is 1. The van der Waals surface area contributed by atoms with E-state index in [-0.39, 0.29) is 30.4 Å². The third kappa shape index (κ3) is 4.34. The van der Waals surface area contributed by atoms with Gasteiger partial charge in [0, 0.05) is 38.0 Å². The third-order valence-corrected chi connectivity index (χ3v) is 8.86. The van der Waals surface area contributed by atoms with E-state index in [1.807, 2.05) is 76.3 Å². The first kappa shape index (κ1) is 28.4. The molecule has 2 fully saturated rings. The van der Waals surface area contributed by atoms with Crippen molar-refractivity contribution in [2.24, 2.45) is 11.8 Å². The third-order valence-electron chi connectivity index (χ3n) is 8.86. The van der Waals surface area contributed by atoms with E-state index in [9.17, 15) is 19.5 Å². The molecule has 3 amide bonds. The van der Waals surface area contributed by atoms with E-state index < -0.39 is 29.1 Å². The van der Waals surface area contributed by atoms with Crippen LogP contribution < -0.4 is 9.64 Å². The molecular weight excluding hydrogens is 510 g/mol. The van der Waals surface area contributed by atoms with Gasteiger partial charge < -0.3 is 29.3 Å². The van der Waals surface area contributed by atoms with Crippen LogP contribution in [0.4, 0.5) is 5.69 Å². The van der Waals surface area contributed by atoms with E-state index in [0.717, 1.165) is 5.75 Å². The molecule has 1 aromatic rings. The fourth-order valence-electron chi connectivity index (χ4n) is 7.00. The fourth-order valence-corrected chi connectivity index (χ4v) is 7.00. The molecule has 9 nitrogen and oxygen atoms in total. The monoisotopic (exact) mass is 551 g/mol. The first-order valence-corrected chi connectivity index (χ1v) is 14.6. The minimum absolute atomic E-state index is 0.00559. The quantitative estimate of drug-likeness (QED) is 0.374. The van der Waals surface area contributed by atoms with Crippen molar-refractivity contribution in [3.05, 3.63) is 48.6 Å². The van der Waals surface area contributed by atoms with Crippen LogP contribution in [0, 0.1) is 11.8 Å². The van der Waals surface area contributed by atoms with Crippen LogP contribution in [-0.4, -0.2) is 88.8 Å². The van der Waals surface area contributed by atoms with Crippen molar-refractivity contribution < 1.29 is 29.0 Å². The highest BCUT2D eigenvalue weighted by Crippen LogP contribution is 2.58. The zero-order valence-corrected chi connectivity index (χ0v) is 23.9. The summed E-state index contributed by atoms with van der Waals surface area (Å²) < 4.78 is 12.6. The number of amides is 3. The maximum atomic E-state index is 14.5. The van der Waals surface area contributed by atoms with Gasteiger partial charge in [-0.3, -0.25) is 14.4 Å². The summed E-state index contributed by atoms with van der Waals surface area (Å²) in [5.74, 6) is -1.51. The fraction of sp³-hybridized carbons (Fsp3) is 0.581. The van der Waals surface area contributed by atoms with Crippen LogP contribution in [0.3, 0.4) is 0 Å². The summed E-state index contributed by atoms with van der Waals surface area (Å²) in [6, 6.07) is 6.46. The molecular formula is C31H41N3O6. The number of likely N-dealkylation sites (tertiary alicyclic amines) is 1. The molecule has 0 saturated carbocycles. The van der Waals surface area contributed by atoms with Crippen molar-refractivity contribution in [2.45, 2.75) is 70.2 Å². The number of benzene rings is 1. The molecule has 216 valence electrons. The largest absolute Gasteiger partial charge is 0.494 e. The van der Waals surface area contributed by atoms with Crippen molar-refractivity contribution in [3.63, 3.8) is 0 Å². The smallest absolute Gasteiger partial charge is 0.249 e. The molecule has 1 aromatic carbocycles. The van der Waals surface area contributed by atoms with Crippen molar-refractivity contribution in [3.8, 4) is 5.75 Å². The van der Waals surface area contributed by atoms with E-state index >= 15 is 0 Å². The summed E-state index contributed by atoms with van der Waals surface area (Å²) in [5, 5.41) is 9.40. The Morgan fingerprint density at radius 1 is 0.975 bits per heavy atom. The summed E-state index contributed by atoms with van der Waals surface area (Å²) in [5.41, 5.74) is -1.57. The second kappa shape index (κ2) is 11.0. The van der Waals surface area contributed by atoms with Gasteiger partial charge in [-0.2, -0.15) is 0 Å². The van der Waals surface area contributed by atoms with Gasteiger partial charge in [0.15, 0.2) is 0 Å². The van der Waals surface area contributed by atoms with Gasteiger partial charge in [-0.05, 0) is 64.3 Å². The Labute approximate surface area is 236 Å². The molecule has 1 spiro atoms. The summed E-state index contributed by atoms with van der Waals surface area (Å²) >= 11 is 0. The number of unbranched alkanes of at least 4 members (excludes halogenated alkanes) is 1. The predicted molar refractivity (Wildman–Crippen MR) is 151 cm³/mol. The molecule has 9 heteroatoms. The SMILES string of the molecule is CCOc1ccc(N2CC=C[C@@]3(CC)O[C@]45C=CCN(C(C)C)C(=O)C4N(CCCCO)C(=O)[C@@H]5[C@H]3C2=O)cc1. The zero-order valence-electron chi connectivity index (χ0n) is 23.9. The van der Waals surface area contributed by atoms with Crippen LogP contribution in [0.5, 0.6) is 5.75 Å². The molecule has 1 N–H and O–H groups in total. The molecule has 4 aliphatic heterocycles. The number of rotatable bonds is 9. The molecule has 1 unspecified atom stereocenters. The molecule has 0 aromatic heterocycles. The van der Waals surface area contributed by atoms with Gasteiger partial charge in [-0.25, -0.2) is 0 Å². The van der Waals surface area contributed by atoms with Crippen LogP contribution in [-0.2, 0) is 19.1 Å². The zero-order chi connectivity index (χ0) is 28.7. The molecule has 0 bridgehead atoms. The Balaban J connectivity index is 1.60. The minimum atomic E-state index is -1.26. The number of anilines is 1. The molecule has 4 aliphatic rings. The number of ether oxygens (including phenoxy) is 2. The Morgan fingerprint density at radius 2 is 1.70 bits per heavy atom. The summed E-state index contributed by atoms with van der Waals surface area (Å²) in [4.78, 5) is 48.1. The van der Waals surface area contributed by atoms with Crippen LogP contribution >= 0.6 is 0 Å². The Kier molecular flexibility index (Phi) is 7.81. The van der Waals surface area contributed by atoms with Crippen LogP contribution in [0.1, 0.15) is 47.0 Å². The molecule has 0 radical (unpaired) electrons. The van der Waals surface area contributed by atoms with Gasteiger partial charge >= 0.3 is 0 Å². The Hall–Kier alpha value is -3.17. The van der Waals surface area contributed by atoms with Gasteiger partial charge in [-0.1, -0.05) is 31.2 Å². The van der Waals surface area contributed by atoms with Crippen LogP contribution in [0.15, 0.2) is 48.6 Å². The molecule has 5 atom stereocenters. The number of nitrogens with zero attached hydrogens (tertiary/aromatic N) is 3. The van der Waals surface area contributed by atoms with Crippen molar-refractivity contribution in [1.29, 1.82) is 0 Å². The van der Waals surface area contributed by atoms with E-state index in [2.05, 4.69) is 0 Å². The van der Waals surface area contributed by atoms with E-state index in [1.54, 1.807) is 14.7 Å². The highest BCUT2D eigenvalue weighted by atomic mass is 16.5. The molecule has 40 heavy (non-hydrogen) atoms. The number of aliphatic hydroxyl groups excluding tert-OH is 1. The number of carbonyl (C=O) groups excluding carboxylic acids is 3. The van der Waals surface area contributed by atoms with Gasteiger partial charge in [0.2, 0.25) is 17.7 Å². The van der Waals surface area contributed by atoms with Crippen molar-refractivity contribution >= 4 is 23.4 Å². The Bertz CT molecular complexity index is 1200. The summed E-state index contributed by atoms with van der Waals surface area (Å²) in [6.45, 7) is 9.44. The van der Waals surface area contributed by atoms with Gasteiger partial charge in [0.05, 0.1) is 24.0 Å². The average Bonchev–Trinajstić information content (AvgIpc) is 3.21. The first-order valence-electron chi connectivity index (χ1n) is 14.6. The topological polar surface area (TPSA) is 99.6 Å². The molecule has 2 saturated heterocycles. The lowest BCUT2D eigenvalue weighted by Crippen LogP contribution is -2.57.